The molecular weight excluding hydrogens is 282 g/mol. The molecule has 0 spiro atoms. The second-order valence-electron chi connectivity index (χ2n) is 6.12. The molecule has 3 heterocycles. The molecule has 0 radical (unpaired) electrons. The molecule has 1 aliphatic heterocycles. The van der Waals surface area contributed by atoms with E-state index in [9.17, 15) is 0 Å². The van der Waals surface area contributed by atoms with Crippen molar-refractivity contribution in [2.45, 2.75) is 52.6 Å². The van der Waals surface area contributed by atoms with Crippen molar-refractivity contribution in [1.29, 1.82) is 0 Å². The van der Waals surface area contributed by atoms with Gasteiger partial charge in [0, 0.05) is 43.0 Å². The van der Waals surface area contributed by atoms with Crippen LogP contribution in [0.1, 0.15) is 47.7 Å². The Labute approximate surface area is 129 Å². The van der Waals surface area contributed by atoms with Crippen LogP contribution in [0.5, 0.6) is 0 Å². The molecule has 0 saturated heterocycles. The Balaban J connectivity index is 1.55. The zero-order valence-corrected chi connectivity index (χ0v) is 13.8. The summed E-state index contributed by atoms with van der Waals surface area (Å²) in [6.45, 7) is 9.44. The van der Waals surface area contributed by atoms with Crippen LogP contribution in [0.3, 0.4) is 0 Å². The first-order chi connectivity index (χ1) is 10.1. The van der Waals surface area contributed by atoms with Crippen LogP contribution < -0.4 is 5.32 Å². The summed E-state index contributed by atoms with van der Waals surface area (Å²) in [4.78, 5) is 5.61. The van der Waals surface area contributed by atoms with Gasteiger partial charge in [0.05, 0.1) is 5.01 Å². The lowest BCUT2D eigenvalue weighted by Crippen LogP contribution is -2.30. The van der Waals surface area contributed by atoms with E-state index in [0.717, 1.165) is 42.7 Å². The van der Waals surface area contributed by atoms with Crippen molar-refractivity contribution in [3.63, 3.8) is 0 Å². The van der Waals surface area contributed by atoms with E-state index in [1.807, 2.05) is 6.20 Å². The Morgan fingerprint density at radius 1 is 1.43 bits per heavy atom. The van der Waals surface area contributed by atoms with Gasteiger partial charge in [-0.15, -0.1) is 21.5 Å². The highest BCUT2D eigenvalue weighted by molar-refractivity contribution is 7.11. The maximum absolute atomic E-state index is 4.35. The molecule has 0 bridgehead atoms. The third kappa shape index (κ3) is 3.32. The van der Waals surface area contributed by atoms with Gasteiger partial charge in [0.25, 0.3) is 0 Å². The summed E-state index contributed by atoms with van der Waals surface area (Å²) < 4.78 is 2.33. The third-order valence-corrected chi connectivity index (χ3v) is 4.90. The second-order valence-corrected chi connectivity index (χ2v) is 7.44. The number of hydrogen-bond donors (Lipinski definition) is 1. The zero-order valence-electron chi connectivity index (χ0n) is 13.0. The molecule has 0 aromatic carbocycles. The van der Waals surface area contributed by atoms with Gasteiger partial charge in [-0.25, -0.2) is 4.98 Å². The van der Waals surface area contributed by atoms with Crippen molar-refractivity contribution < 1.29 is 0 Å². The Kier molecular flexibility index (Phi) is 4.35. The minimum absolute atomic E-state index is 0.443. The van der Waals surface area contributed by atoms with E-state index in [1.54, 1.807) is 11.3 Å². The van der Waals surface area contributed by atoms with Crippen LogP contribution >= 0.6 is 11.3 Å². The molecule has 0 saturated carbocycles. The number of rotatable bonds is 5. The largest absolute Gasteiger partial charge is 0.314 e. The van der Waals surface area contributed by atoms with Crippen LogP contribution in [-0.4, -0.2) is 26.3 Å². The SMILES string of the molecule is Cc1ncc(CNC[C@H]2CCc3nnc(C(C)C)n3C2)s1. The molecular formula is C15H23N5S. The second kappa shape index (κ2) is 6.23. The third-order valence-electron chi connectivity index (χ3n) is 3.99. The van der Waals surface area contributed by atoms with Crippen LogP contribution in [0, 0.1) is 12.8 Å². The Hall–Kier alpha value is -1.27. The van der Waals surface area contributed by atoms with Crippen molar-refractivity contribution in [1.82, 2.24) is 25.1 Å². The van der Waals surface area contributed by atoms with E-state index in [-0.39, 0.29) is 0 Å². The Bertz CT molecular complexity index is 601. The minimum Gasteiger partial charge on any atom is -0.314 e. The molecule has 0 amide bonds. The van der Waals surface area contributed by atoms with Gasteiger partial charge in [-0.3, -0.25) is 0 Å². The van der Waals surface area contributed by atoms with E-state index in [2.05, 4.69) is 45.8 Å². The highest BCUT2D eigenvalue weighted by Gasteiger charge is 2.23. The molecule has 21 heavy (non-hydrogen) atoms. The van der Waals surface area contributed by atoms with Gasteiger partial charge >= 0.3 is 0 Å². The number of aryl methyl sites for hydroxylation is 2. The topological polar surface area (TPSA) is 55.6 Å². The molecule has 0 aliphatic carbocycles. The molecule has 1 N–H and O–H groups in total. The minimum atomic E-state index is 0.443. The van der Waals surface area contributed by atoms with Gasteiger partial charge in [0.1, 0.15) is 11.6 Å². The van der Waals surface area contributed by atoms with Crippen molar-refractivity contribution in [3.8, 4) is 0 Å². The summed E-state index contributed by atoms with van der Waals surface area (Å²) in [7, 11) is 0. The first-order valence-corrected chi connectivity index (χ1v) is 8.49. The van der Waals surface area contributed by atoms with Crippen LogP contribution in [-0.2, 0) is 19.5 Å². The summed E-state index contributed by atoms with van der Waals surface area (Å²) >= 11 is 1.77. The fraction of sp³-hybridized carbons (Fsp3) is 0.667. The van der Waals surface area contributed by atoms with E-state index >= 15 is 0 Å². The van der Waals surface area contributed by atoms with Gasteiger partial charge in [0.15, 0.2) is 0 Å². The molecule has 0 fully saturated rings. The molecule has 1 aliphatic rings. The standard InChI is InChI=1S/C15H23N5S/c1-10(2)15-19-18-14-5-4-12(9-20(14)15)6-16-7-13-8-17-11(3)21-13/h8,10,12,16H,4-7,9H2,1-3H3/t12-/m1/s1. The van der Waals surface area contributed by atoms with Crippen molar-refractivity contribution >= 4 is 11.3 Å². The van der Waals surface area contributed by atoms with Crippen molar-refractivity contribution in [2.24, 2.45) is 5.92 Å². The van der Waals surface area contributed by atoms with Crippen LogP contribution in [0.4, 0.5) is 0 Å². The molecule has 6 heteroatoms. The van der Waals surface area contributed by atoms with E-state index in [0.29, 0.717) is 11.8 Å². The highest BCUT2D eigenvalue weighted by atomic mass is 32.1. The van der Waals surface area contributed by atoms with E-state index < -0.39 is 0 Å². The summed E-state index contributed by atoms with van der Waals surface area (Å²) in [5.74, 6) is 3.40. The average Bonchev–Trinajstić information content (AvgIpc) is 3.04. The number of aromatic nitrogens is 4. The van der Waals surface area contributed by atoms with Crippen molar-refractivity contribution in [3.05, 3.63) is 27.7 Å². The normalized spacial score (nSPS) is 18.2. The summed E-state index contributed by atoms with van der Waals surface area (Å²) in [5.41, 5.74) is 0. The smallest absolute Gasteiger partial charge is 0.135 e. The average molecular weight is 305 g/mol. The maximum atomic E-state index is 4.35. The number of fused-ring (bicyclic) bond motifs is 1. The quantitative estimate of drug-likeness (QED) is 0.922. The molecule has 5 nitrogen and oxygen atoms in total. The fourth-order valence-corrected chi connectivity index (χ4v) is 3.66. The predicted octanol–water partition coefficient (Wildman–Crippen LogP) is 2.52. The fourth-order valence-electron chi connectivity index (χ4n) is 2.90. The highest BCUT2D eigenvalue weighted by Crippen LogP contribution is 2.23. The number of nitrogens with one attached hydrogen (secondary N) is 1. The van der Waals surface area contributed by atoms with Crippen LogP contribution in [0.25, 0.3) is 0 Å². The van der Waals surface area contributed by atoms with E-state index in [4.69, 9.17) is 0 Å². The Morgan fingerprint density at radius 2 is 2.29 bits per heavy atom. The monoisotopic (exact) mass is 305 g/mol. The molecule has 2 aromatic rings. The van der Waals surface area contributed by atoms with Gasteiger partial charge in [-0.05, 0) is 19.3 Å². The maximum Gasteiger partial charge on any atom is 0.135 e. The summed E-state index contributed by atoms with van der Waals surface area (Å²) in [5, 5.41) is 13.4. The first kappa shape index (κ1) is 14.7. The van der Waals surface area contributed by atoms with Gasteiger partial charge in [0.2, 0.25) is 0 Å². The summed E-state index contributed by atoms with van der Waals surface area (Å²) in [6.07, 6.45) is 4.22. The molecule has 0 unspecified atom stereocenters. The number of nitrogens with zero attached hydrogens (tertiary/aromatic N) is 4. The summed E-state index contributed by atoms with van der Waals surface area (Å²) in [6, 6.07) is 0. The van der Waals surface area contributed by atoms with Crippen LogP contribution in [0.15, 0.2) is 6.20 Å². The van der Waals surface area contributed by atoms with Gasteiger partial charge in [-0.2, -0.15) is 0 Å². The van der Waals surface area contributed by atoms with E-state index in [1.165, 1.54) is 11.3 Å². The zero-order chi connectivity index (χ0) is 14.8. The lowest BCUT2D eigenvalue weighted by Gasteiger charge is -2.25. The van der Waals surface area contributed by atoms with Gasteiger partial charge < -0.3 is 9.88 Å². The molecule has 2 aromatic heterocycles. The Morgan fingerprint density at radius 3 is 3.00 bits per heavy atom. The molecule has 114 valence electrons. The van der Waals surface area contributed by atoms with Crippen LogP contribution in [0.2, 0.25) is 0 Å². The van der Waals surface area contributed by atoms with Crippen molar-refractivity contribution in [2.75, 3.05) is 6.54 Å². The lowest BCUT2D eigenvalue weighted by atomic mass is 9.98. The number of hydrogen-bond acceptors (Lipinski definition) is 5. The lowest BCUT2D eigenvalue weighted by molar-refractivity contribution is 0.340. The van der Waals surface area contributed by atoms with Gasteiger partial charge in [-0.1, -0.05) is 13.8 Å². The molecule has 3 rings (SSSR count). The predicted molar refractivity (Wildman–Crippen MR) is 84.5 cm³/mol. The number of thiazole rings is 1. The first-order valence-electron chi connectivity index (χ1n) is 7.67. The molecule has 1 atom stereocenters.